The SMILES string of the molecule is Cn1nccc1CC(=O)NC(c1cccc(Cl)c1)C1CCCC1. The molecule has 1 aromatic carbocycles. The van der Waals surface area contributed by atoms with E-state index in [4.69, 9.17) is 11.6 Å². The predicted octanol–water partition coefficient (Wildman–Crippen LogP) is 3.66. The summed E-state index contributed by atoms with van der Waals surface area (Å²) in [7, 11) is 1.86. The number of rotatable bonds is 5. The highest BCUT2D eigenvalue weighted by molar-refractivity contribution is 6.30. The largest absolute Gasteiger partial charge is 0.349 e. The summed E-state index contributed by atoms with van der Waals surface area (Å²) in [5.74, 6) is 0.523. The lowest BCUT2D eigenvalue weighted by Crippen LogP contribution is -2.34. The normalized spacial score (nSPS) is 16.4. The minimum atomic E-state index is 0.0328. The van der Waals surface area contributed by atoms with Crippen molar-refractivity contribution < 1.29 is 4.79 Å². The van der Waals surface area contributed by atoms with Crippen LogP contribution in [0.1, 0.15) is 43.0 Å². The van der Waals surface area contributed by atoms with Crippen LogP contribution >= 0.6 is 11.6 Å². The monoisotopic (exact) mass is 331 g/mol. The molecule has 4 nitrogen and oxygen atoms in total. The van der Waals surface area contributed by atoms with Crippen molar-refractivity contribution in [3.05, 3.63) is 52.8 Å². The Morgan fingerprint density at radius 3 is 2.83 bits per heavy atom. The zero-order chi connectivity index (χ0) is 16.2. The van der Waals surface area contributed by atoms with E-state index in [0.29, 0.717) is 17.4 Å². The molecule has 3 rings (SSSR count). The maximum absolute atomic E-state index is 12.5. The first-order valence-electron chi connectivity index (χ1n) is 8.15. The van der Waals surface area contributed by atoms with Gasteiger partial charge in [-0.1, -0.05) is 36.6 Å². The van der Waals surface area contributed by atoms with Crippen molar-refractivity contribution >= 4 is 17.5 Å². The fraction of sp³-hybridized carbons (Fsp3) is 0.444. The van der Waals surface area contributed by atoms with Crippen molar-refractivity contribution in [1.29, 1.82) is 0 Å². The van der Waals surface area contributed by atoms with E-state index in [1.54, 1.807) is 10.9 Å². The average Bonchev–Trinajstić information content (AvgIpc) is 3.17. The van der Waals surface area contributed by atoms with Gasteiger partial charge in [0.1, 0.15) is 0 Å². The van der Waals surface area contributed by atoms with Gasteiger partial charge in [0.15, 0.2) is 0 Å². The molecule has 5 heteroatoms. The summed E-state index contributed by atoms with van der Waals surface area (Å²) in [6, 6.07) is 9.76. The highest BCUT2D eigenvalue weighted by atomic mass is 35.5. The van der Waals surface area contributed by atoms with Crippen LogP contribution < -0.4 is 5.32 Å². The molecule has 1 aromatic heterocycles. The molecule has 0 bridgehead atoms. The first kappa shape index (κ1) is 16.1. The van der Waals surface area contributed by atoms with E-state index in [-0.39, 0.29) is 11.9 Å². The molecule has 23 heavy (non-hydrogen) atoms. The van der Waals surface area contributed by atoms with E-state index in [9.17, 15) is 4.79 Å². The zero-order valence-corrected chi connectivity index (χ0v) is 14.1. The molecule has 1 saturated carbocycles. The lowest BCUT2D eigenvalue weighted by molar-refractivity contribution is -0.121. The fourth-order valence-corrected chi connectivity index (χ4v) is 3.63. The maximum Gasteiger partial charge on any atom is 0.226 e. The Bertz CT molecular complexity index is 676. The summed E-state index contributed by atoms with van der Waals surface area (Å²) in [5, 5.41) is 8.06. The number of aromatic nitrogens is 2. The second kappa shape index (κ2) is 7.18. The molecule has 1 aliphatic rings. The van der Waals surface area contributed by atoms with Crippen molar-refractivity contribution in [1.82, 2.24) is 15.1 Å². The number of aryl methyl sites for hydroxylation is 1. The molecule has 1 unspecified atom stereocenters. The van der Waals surface area contributed by atoms with Crippen molar-refractivity contribution in [2.75, 3.05) is 0 Å². The van der Waals surface area contributed by atoms with Crippen LogP contribution in [-0.4, -0.2) is 15.7 Å². The molecule has 0 spiro atoms. The molecule has 1 N–H and O–H groups in total. The minimum Gasteiger partial charge on any atom is -0.349 e. The topological polar surface area (TPSA) is 46.9 Å². The number of nitrogens with one attached hydrogen (secondary N) is 1. The van der Waals surface area contributed by atoms with Crippen molar-refractivity contribution in [2.45, 2.75) is 38.1 Å². The molecule has 1 amide bonds. The van der Waals surface area contributed by atoms with E-state index < -0.39 is 0 Å². The van der Waals surface area contributed by atoms with Crippen LogP contribution in [0.15, 0.2) is 36.5 Å². The molecule has 0 aliphatic heterocycles. The Kier molecular flexibility index (Phi) is 5.01. The van der Waals surface area contributed by atoms with Gasteiger partial charge in [-0.05, 0) is 42.5 Å². The third-order valence-electron chi connectivity index (χ3n) is 4.66. The molecular formula is C18H22ClN3O. The lowest BCUT2D eigenvalue weighted by atomic mass is 9.91. The van der Waals surface area contributed by atoms with Gasteiger partial charge >= 0.3 is 0 Å². The highest BCUT2D eigenvalue weighted by Gasteiger charge is 2.28. The van der Waals surface area contributed by atoms with Crippen molar-refractivity contribution in [3.8, 4) is 0 Å². The van der Waals surface area contributed by atoms with Gasteiger partial charge < -0.3 is 5.32 Å². The van der Waals surface area contributed by atoms with Gasteiger partial charge in [-0.2, -0.15) is 5.10 Å². The Balaban J connectivity index is 1.75. The van der Waals surface area contributed by atoms with Crippen LogP contribution in [-0.2, 0) is 18.3 Å². The number of benzene rings is 1. The molecular weight excluding hydrogens is 310 g/mol. The first-order valence-corrected chi connectivity index (χ1v) is 8.53. The van der Waals surface area contributed by atoms with E-state index in [0.717, 1.165) is 24.1 Å². The van der Waals surface area contributed by atoms with Gasteiger partial charge in [-0.15, -0.1) is 0 Å². The summed E-state index contributed by atoms with van der Waals surface area (Å²) in [4.78, 5) is 12.5. The Hall–Kier alpha value is -1.81. The fourth-order valence-electron chi connectivity index (χ4n) is 3.43. The number of halogens is 1. The molecule has 2 aromatic rings. The van der Waals surface area contributed by atoms with Gasteiger partial charge in [-0.25, -0.2) is 0 Å². The number of carbonyl (C=O) groups excluding carboxylic acids is 1. The zero-order valence-electron chi connectivity index (χ0n) is 13.3. The van der Waals surface area contributed by atoms with Crippen LogP contribution in [0.2, 0.25) is 5.02 Å². The van der Waals surface area contributed by atoms with Crippen LogP contribution in [0.25, 0.3) is 0 Å². The molecule has 1 aliphatic carbocycles. The number of amides is 1. The lowest BCUT2D eigenvalue weighted by Gasteiger charge is -2.25. The molecule has 122 valence electrons. The summed E-state index contributed by atoms with van der Waals surface area (Å²) in [6.45, 7) is 0. The molecule has 1 atom stereocenters. The first-order chi connectivity index (χ1) is 11.1. The molecule has 0 radical (unpaired) electrons. The third kappa shape index (κ3) is 3.94. The highest BCUT2D eigenvalue weighted by Crippen LogP contribution is 2.36. The van der Waals surface area contributed by atoms with Crippen LogP contribution in [0.5, 0.6) is 0 Å². The molecule has 0 saturated heterocycles. The summed E-state index contributed by atoms with van der Waals surface area (Å²) >= 11 is 6.14. The van der Waals surface area contributed by atoms with Crippen LogP contribution in [0.3, 0.4) is 0 Å². The number of nitrogens with zero attached hydrogens (tertiary/aromatic N) is 2. The summed E-state index contributed by atoms with van der Waals surface area (Å²) < 4.78 is 1.74. The van der Waals surface area contributed by atoms with E-state index in [1.165, 1.54) is 12.8 Å². The van der Waals surface area contributed by atoms with E-state index in [1.807, 2.05) is 31.3 Å². The predicted molar refractivity (Wildman–Crippen MR) is 91.2 cm³/mol. The van der Waals surface area contributed by atoms with Gasteiger partial charge in [-0.3, -0.25) is 9.48 Å². The van der Waals surface area contributed by atoms with Gasteiger partial charge in [0, 0.05) is 24.0 Å². The van der Waals surface area contributed by atoms with Crippen LogP contribution in [0.4, 0.5) is 0 Å². The Morgan fingerprint density at radius 1 is 1.39 bits per heavy atom. The number of hydrogen-bond donors (Lipinski definition) is 1. The number of carbonyl (C=O) groups is 1. The number of hydrogen-bond acceptors (Lipinski definition) is 2. The molecule has 1 heterocycles. The maximum atomic E-state index is 12.5. The summed E-state index contributed by atoms with van der Waals surface area (Å²) in [6.07, 6.45) is 6.85. The Labute approximate surface area is 141 Å². The summed E-state index contributed by atoms with van der Waals surface area (Å²) in [5.41, 5.74) is 2.02. The second-order valence-electron chi connectivity index (χ2n) is 6.27. The van der Waals surface area contributed by atoms with Crippen molar-refractivity contribution in [2.24, 2.45) is 13.0 Å². The van der Waals surface area contributed by atoms with E-state index in [2.05, 4.69) is 16.5 Å². The molecule has 1 fully saturated rings. The van der Waals surface area contributed by atoms with Gasteiger partial charge in [0.05, 0.1) is 12.5 Å². The average molecular weight is 332 g/mol. The quantitative estimate of drug-likeness (QED) is 0.908. The van der Waals surface area contributed by atoms with E-state index >= 15 is 0 Å². The van der Waals surface area contributed by atoms with Gasteiger partial charge in [0.2, 0.25) is 5.91 Å². The van der Waals surface area contributed by atoms with Crippen LogP contribution in [0, 0.1) is 5.92 Å². The standard InChI is InChI=1S/C18H22ClN3O/c1-22-16(9-10-20-22)12-17(23)21-18(13-5-2-3-6-13)14-7-4-8-15(19)11-14/h4,7-11,13,18H,2-3,5-6,12H2,1H3,(H,21,23). The van der Waals surface area contributed by atoms with Gasteiger partial charge in [0.25, 0.3) is 0 Å². The van der Waals surface area contributed by atoms with Crippen molar-refractivity contribution in [3.63, 3.8) is 0 Å². The third-order valence-corrected chi connectivity index (χ3v) is 4.89. The smallest absolute Gasteiger partial charge is 0.226 e. The second-order valence-corrected chi connectivity index (χ2v) is 6.70. The minimum absolute atomic E-state index is 0.0328. The Morgan fingerprint density at radius 2 is 2.17 bits per heavy atom.